The second-order valence-corrected chi connectivity index (χ2v) is 5.47. The summed E-state index contributed by atoms with van der Waals surface area (Å²) < 4.78 is 18.5. The van der Waals surface area contributed by atoms with Crippen molar-refractivity contribution in [3.63, 3.8) is 0 Å². The number of carbonyl (C=O) groups is 1. The van der Waals surface area contributed by atoms with Gasteiger partial charge in [0, 0.05) is 5.92 Å². The van der Waals surface area contributed by atoms with Gasteiger partial charge in [0.15, 0.2) is 0 Å². The highest BCUT2D eigenvalue weighted by molar-refractivity contribution is 5.80. The van der Waals surface area contributed by atoms with Crippen molar-refractivity contribution >= 4 is 5.97 Å². The molecule has 1 aliphatic rings. The molecular weight excluding hydrogens is 295 g/mol. The molecule has 1 N–H and O–H groups in total. The Bertz CT molecular complexity index is 856. The fraction of sp³-hybridized carbons (Fsp3) is 0.111. The van der Waals surface area contributed by atoms with Gasteiger partial charge in [0.1, 0.15) is 5.82 Å². The van der Waals surface area contributed by atoms with Crippen LogP contribution in [-0.2, 0) is 4.79 Å². The first-order valence-corrected chi connectivity index (χ1v) is 7.32. The van der Waals surface area contributed by atoms with Crippen molar-refractivity contribution < 1.29 is 13.9 Å². The van der Waals surface area contributed by atoms with Crippen molar-refractivity contribution in [2.24, 2.45) is 0 Å². The van der Waals surface area contributed by atoms with Crippen LogP contribution in [0.25, 0.3) is 11.3 Å². The van der Waals surface area contributed by atoms with Crippen LogP contribution in [0, 0.1) is 5.82 Å². The van der Waals surface area contributed by atoms with E-state index in [-0.39, 0.29) is 24.1 Å². The SMILES string of the molecule is O=C1C[C@@H](c2ccc(F)cc2)c2c(n[nH]c2-c2ccccc2)O1. The van der Waals surface area contributed by atoms with E-state index in [9.17, 15) is 9.18 Å². The maximum absolute atomic E-state index is 13.2. The van der Waals surface area contributed by atoms with Crippen LogP contribution >= 0.6 is 0 Å². The molecule has 0 fully saturated rings. The Labute approximate surface area is 131 Å². The van der Waals surface area contributed by atoms with E-state index in [0.29, 0.717) is 5.88 Å². The molecule has 2 aromatic carbocycles. The Morgan fingerprint density at radius 3 is 2.57 bits per heavy atom. The molecule has 5 heteroatoms. The first-order valence-electron chi connectivity index (χ1n) is 7.32. The van der Waals surface area contributed by atoms with Crippen molar-refractivity contribution in [3.8, 4) is 17.1 Å². The fourth-order valence-corrected chi connectivity index (χ4v) is 2.96. The zero-order valence-electron chi connectivity index (χ0n) is 12.1. The number of rotatable bonds is 2. The van der Waals surface area contributed by atoms with Gasteiger partial charge in [0.25, 0.3) is 0 Å². The average Bonchev–Trinajstić information content (AvgIpc) is 2.99. The number of nitrogens with zero attached hydrogens (tertiary/aromatic N) is 1. The maximum atomic E-state index is 13.2. The van der Waals surface area contributed by atoms with Gasteiger partial charge in [-0.25, -0.2) is 4.39 Å². The van der Waals surface area contributed by atoms with Crippen LogP contribution in [-0.4, -0.2) is 16.2 Å². The molecule has 0 radical (unpaired) electrons. The number of halogens is 1. The number of hydrogen-bond donors (Lipinski definition) is 1. The zero-order valence-corrected chi connectivity index (χ0v) is 12.1. The fourth-order valence-electron chi connectivity index (χ4n) is 2.96. The maximum Gasteiger partial charge on any atom is 0.313 e. The van der Waals surface area contributed by atoms with E-state index in [1.54, 1.807) is 12.1 Å². The first kappa shape index (κ1) is 13.7. The lowest BCUT2D eigenvalue weighted by atomic mass is 9.86. The van der Waals surface area contributed by atoms with E-state index < -0.39 is 0 Å². The van der Waals surface area contributed by atoms with E-state index in [4.69, 9.17) is 4.74 Å². The summed E-state index contributed by atoms with van der Waals surface area (Å²) in [5.74, 6) is -0.545. The molecule has 1 aliphatic heterocycles. The van der Waals surface area contributed by atoms with Gasteiger partial charge in [0.05, 0.1) is 17.7 Å². The summed E-state index contributed by atoms with van der Waals surface area (Å²) in [6.45, 7) is 0. The number of esters is 1. The number of aromatic nitrogens is 2. The highest BCUT2D eigenvalue weighted by atomic mass is 19.1. The minimum atomic E-state index is -0.335. The molecule has 0 saturated heterocycles. The van der Waals surface area contributed by atoms with Gasteiger partial charge in [-0.1, -0.05) is 42.5 Å². The minimum absolute atomic E-state index is 0.206. The zero-order chi connectivity index (χ0) is 15.8. The molecule has 23 heavy (non-hydrogen) atoms. The van der Waals surface area contributed by atoms with Crippen LogP contribution in [0.15, 0.2) is 54.6 Å². The van der Waals surface area contributed by atoms with Crippen molar-refractivity contribution in [1.29, 1.82) is 0 Å². The Balaban J connectivity index is 1.86. The van der Waals surface area contributed by atoms with Gasteiger partial charge in [-0.05, 0) is 23.3 Å². The van der Waals surface area contributed by atoms with Gasteiger partial charge in [-0.15, -0.1) is 5.10 Å². The highest BCUT2D eigenvalue weighted by Crippen LogP contribution is 2.42. The minimum Gasteiger partial charge on any atom is -0.405 e. The molecule has 0 saturated carbocycles. The predicted molar refractivity (Wildman–Crippen MR) is 82.5 cm³/mol. The molecule has 4 rings (SSSR count). The third kappa shape index (κ3) is 2.40. The Morgan fingerprint density at radius 2 is 1.83 bits per heavy atom. The molecule has 1 atom stereocenters. The van der Waals surface area contributed by atoms with Gasteiger partial charge < -0.3 is 4.74 Å². The lowest BCUT2D eigenvalue weighted by Gasteiger charge is -2.22. The molecule has 0 amide bonds. The second-order valence-electron chi connectivity index (χ2n) is 5.47. The Kier molecular flexibility index (Phi) is 3.19. The van der Waals surface area contributed by atoms with Crippen molar-refractivity contribution in [2.45, 2.75) is 12.3 Å². The molecule has 114 valence electrons. The molecule has 1 aromatic heterocycles. The van der Waals surface area contributed by atoms with Gasteiger partial charge in [-0.2, -0.15) is 0 Å². The molecule has 0 spiro atoms. The van der Waals surface area contributed by atoms with Crippen molar-refractivity contribution in [3.05, 3.63) is 71.5 Å². The molecule has 0 unspecified atom stereocenters. The van der Waals surface area contributed by atoms with Crippen LogP contribution in [0.2, 0.25) is 0 Å². The van der Waals surface area contributed by atoms with Crippen LogP contribution in [0.3, 0.4) is 0 Å². The Hall–Kier alpha value is -2.95. The lowest BCUT2D eigenvalue weighted by Crippen LogP contribution is -2.20. The summed E-state index contributed by atoms with van der Waals surface area (Å²) in [5, 5.41) is 7.10. The molecule has 3 aromatic rings. The monoisotopic (exact) mass is 308 g/mol. The summed E-state index contributed by atoms with van der Waals surface area (Å²) in [4.78, 5) is 11.9. The first-order chi connectivity index (χ1) is 11.2. The third-order valence-electron chi connectivity index (χ3n) is 4.03. The third-order valence-corrected chi connectivity index (χ3v) is 4.03. The number of ether oxygens (including phenoxy) is 1. The number of fused-ring (bicyclic) bond motifs is 1. The topological polar surface area (TPSA) is 55.0 Å². The van der Waals surface area contributed by atoms with E-state index in [1.807, 2.05) is 30.3 Å². The standard InChI is InChI=1S/C18H13FN2O2/c19-13-8-6-11(7-9-13)14-10-15(22)23-18-16(14)17(20-21-18)12-4-2-1-3-5-12/h1-9,14H,10H2,(H,20,21)/t14-/m0/s1. The van der Waals surface area contributed by atoms with Crippen LogP contribution < -0.4 is 4.74 Å². The van der Waals surface area contributed by atoms with E-state index in [2.05, 4.69) is 10.2 Å². The largest absolute Gasteiger partial charge is 0.405 e. The molecule has 2 heterocycles. The van der Waals surface area contributed by atoms with Gasteiger partial charge >= 0.3 is 5.97 Å². The molecule has 4 nitrogen and oxygen atoms in total. The highest BCUT2D eigenvalue weighted by Gasteiger charge is 2.33. The number of H-pyrrole nitrogens is 1. The average molecular weight is 308 g/mol. The quantitative estimate of drug-likeness (QED) is 0.735. The van der Waals surface area contributed by atoms with Crippen LogP contribution in [0.5, 0.6) is 5.88 Å². The number of aromatic amines is 1. The summed E-state index contributed by atoms with van der Waals surface area (Å²) >= 11 is 0. The van der Waals surface area contributed by atoms with E-state index in [0.717, 1.165) is 22.4 Å². The number of nitrogens with one attached hydrogen (secondary N) is 1. The number of hydrogen-bond acceptors (Lipinski definition) is 3. The number of carbonyl (C=O) groups excluding carboxylic acids is 1. The molecular formula is C18H13FN2O2. The van der Waals surface area contributed by atoms with Crippen molar-refractivity contribution in [1.82, 2.24) is 10.2 Å². The summed E-state index contributed by atoms with van der Waals surface area (Å²) in [6.07, 6.45) is 0.206. The number of benzene rings is 2. The van der Waals surface area contributed by atoms with E-state index in [1.165, 1.54) is 12.1 Å². The smallest absolute Gasteiger partial charge is 0.313 e. The molecule has 0 aliphatic carbocycles. The van der Waals surface area contributed by atoms with Gasteiger partial charge in [-0.3, -0.25) is 9.89 Å². The van der Waals surface area contributed by atoms with E-state index >= 15 is 0 Å². The normalized spacial score (nSPS) is 16.7. The summed E-state index contributed by atoms with van der Waals surface area (Å²) in [5.41, 5.74) is 3.49. The summed E-state index contributed by atoms with van der Waals surface area (Å²) in [7, 11) is 0. The summed E-state index contributed by atoms with van der Waals surface area (Å²) in [6, 6.07) is 15.9. The predicted octanol–water partition coefficient (Wildman–Crippen LogP) is 3.66. The van der Waals surface area contributed by atoms with Crippen LogP contribution in [0.4, 0.5) is 4.39 Å². The molecule has 0 bridgehead atoms. The lowest BCUT2D eigenvalue weighted by molar-refractivity contribution is -0.135. The van der Waals surface area contributed by atoms with Crippen LogP contribution in [0.1, 0.15) is 23.5 Å². The van der Waals surface area contributed by atoms with Crippen molar-refractivity contribution in [2.75, 3.05) is 0 Å². The second kappa shape index (κ2) is 5.35. The van der Waals surface area contributed by atoms with Gasteiger partial charge in [0.2, 0.25) is 5.88 Å². The Morgan fingerprint density at radius 1 is 1.09 bits per heavy atom.